The van der Waals surface area contributed by atoms with Crippen molar-refractivity contribution in [3.63, 3.8) is 0 Å². The Kier molecular flexibility index (Phi) is 28.6. The molecule has 0 aromatic heterocycles. The first-order chi connectivity index (χ1) is 18.3. The molecule has 4 atom stereocenters. The van der Waals surface area contributed by atoms with E-state index in [1.807, 2.05) is 0 Å². The summed E-state index contributed by atoms with van der Waals surface area (Å²) in [6, 6.07) is 0. The number of hydrogen-bond acceptors (Lipinski definition) is 3. The van der Waals surface area contributed by atoms with Gasteiger partial charge in [-0.2, -0.15) is 0 Å². The zero-order valence-electron chi connectivity index (χ0n) is 27.0. The Bertz CT molecular complexity index is 496. The van der Waals surface area contributed by atoms with E-state index in [4.69, 9.17) is 9.05 Å². The van der Waals surface area contributed by atoms with Crippen LogP contribution in [0.1, 0.15) is 183 Å². The van der Waals surface area contributed by atoms with E-state index in [0.29, 0.717) is 19.1 Å². The van der Waals surface area contributed by atoms with E-state index in [9.17, 15) is 4.57 Å². The molecule has 3 nitrogen and oxygen atoms in total. The Morgan fingerprint density at radius 2 is 0.816 bits per heavy atom. The average molecular weight is 558 g/mol. The molecule has 0 saturated carbocycles. The third-order valence-corrected chi connectivity index (χ3v) is 9.05. The molecule has 2 unspecified atom stereocenters. The summed E-state index contributed by atoms with van der Waals surface area (Å²) in [6.45, 7) is 15.2. The molecule has 0 fully saturated rings. The van der Waals surface area contributed by atoms with Crippen LogP contribution in [-0.2, 0) is 13.6 Å². The maximum Gasteiger partial charge on any atom is 0.697 e. The number of hydrogen-bond donors (Lipinski definition) is 0. The van der Waals surface area contributed by atoms with E-state index in [2.05, 4.69) is 41.5 Å². The Morgan fingerprint density at radius 3 is 1.26 bits per heavy atom. The van der Waals surface area contributed by atoms with Crippen molar-refractivity contribution in [3.8, 4) is 0 Å². The summed E-state index contributed by atoms with van der Waals surface area (Å²) in [5, 5.41) is 0. The van der Waals surface area contributed by atoms with Crippen molar-refractivity contribution in [3.05, 3.63) is 0 Å². The molecule has 0 amide bonds. The van der Waals surface area contributed by atoms with Crippen LogP contribution in [0.4, 0.5) is 0 Å². The first kappa shape index (κ1) is 38.0. The van der Waals surface area contributed by atoms with Crippen molar-refractivity contribution >= 4 is 8.25 Å². The van der Waals surface area contributed by atoms with Gasteiger partial charge in [0.1, 0.15) is 13.2 Å². The molecule has 0 saturated heterocycles. The van der Waals surface area contributed by atoms with Crippen molar-refractivity contribution in [1.82, 2.24) is 0 Å². The zero-order valence-corrected chi connectivity index (χ0v) is 27.8. The summed E-state index contributed by atoms with van der Waals surface area (Å²) in [4.78, 5) is 0. The Morgan fingerprint density at radius 1 is 0.447 bits per heavy atom. The Balaban J connectivity index is 3.46. The molecule has 0 aliphatic heterocycles. The van der Waals surface area contributed by atoms with E-state index in [1.165, 1.54) is 128 Å². The highest BCUT2D eigenvalue weighted by Crippen LogP contribution is 2.27. The molecule has 0 heterocycles. The molecule has 0 radical (unpaired) electrons. The molecule has 4 heteroatoms. The first-order valence-corrected chi connectivity index (χ1v) is 18.2. The summed E-state index contributed by atoms with van der Waals surface area (Å²) in [7, 11) is -1.94. The minimum atomic E-state index is -1.94. The van der Waals surface area contributed by atoms with Gasteiger partial charge in [-0.15, -0.1) is 9.05 Å². The second-order valence-corrected chi connectivity index (χ2v) is 14.0. The highest BCUT2D eigenvalue weighted by Gasteiger charge is 2.20. The van der Waals surface area contributed by atoms with Gasteiger partial charge in [-0.05, 0) is 36.5 Å². The lowest BCUT2D eigenvalue weighted by Crippen LogP contribution is -2.03. The van der Waals surface area contributed by atoms with E-state index in [-0.39, 0.29) is 0 Å². The van der Waals surface area contributed by atoms with Crippen LogP contribution >= 0.6 is 8.25 Å². The lowest BCUT2D eigenvalue weighted by molar-refractivity contribution is 0.209. The molecular formula is C34H70O3P+. The van der Waals surface area contributed by atoms with Gasteiger partial charge < -0.3 is 0 Å². The van der Waals surface area contributed by atoms with Crippen LogP contribution in [0, 0.1) is 23.7 Å². The SMILES string of the molecule is CCCCCCCCCCCCCCO[P+](=O)OCCC(C)CCC[C@@H](C)CCC[C@@H](C)CCCC(C)C. The first-order valence-electron chi connectivity index (χ1n) is 17.1. The fourth-order valence-corrected chi connectivity index (χ4v) is 5.99. The smallest absolute Gasteiger partial charge is 0.119 e. The van der Waals surface area contributed by atoms with Gasteiger partial charge in [-0.3, -0.25) is 0 Å². The van der Waals surface area contributed by atoms with Crippen LogP contribution in [0.25, 0.3) is 0 Å². The maximum absolute atomic E-state index is 12.0. The van der Waals surface area contributed by atoms with Crippen LogP contribution in [-0.4, -0.2) is 13.2 Å². The molecule has 0 aliphatic carbocycles. The Labute approximate surface area is 241 Å². The van der Waals surface area contributed by atoms with Gasteiger partial charge in [0.25, 0.3) is 0 Å². The molecule has 38 heavy (non-hydrogen) atoms. The van der Waals surface area contributed by atoms with E-state index < -0.39 is 8.25 Å². The quantitative estimate of drug-likeness (QED) is 0.0650. The van der Waals surface area contributed by atoms with Gasteiger partial charge in [0.05, 0.1) is 0 Å². The zero-order chi connectivity index (χ0) is 28.3. The van der Waals surface area contributed by atoms with Gasteiger partial charge in [0, 0.05) is 4.57 Å². The molecule has 0 spiro atoms. The molecule has 0 aromatic carbocycles. The van der Waals surface area contributed by atoms with Crippen molar-refractivity contribution in [2.45, 2.75) is 183 Å². The lowest BCUT2D eigenvalue weighted by Gasteiger charge is -2.16. The Hall–Kier alpha value is 0.0200. The monoisotopic (exact) mass is 558 g/mol. The van der Waals surface area contributed by atoms with Gasteiger partial charge in [-0.25, -0.2) is 0 Å². The van der Waals surface area contributed by atoms with E-state index >= 15 is 0 Å². The van der Waals surface area contributed by atoms with Crippen LogP contribution in [0.15, 0.2) is 0 Å². The molecule has 0 aliphatic rings. The summed E-state index contributed by atoms with van der Waals surface area (Å²) in [6.07, 6.45) is 29.1. The molecule has 0 N–H and O–H groups in total. The molecule has 0 bridgehead atoms. The third kappa shape index (κ3) is 29.0. The average Bonchev–Trinajstić information content (AvgIpc) is 2.86. The molecular weight excluding hydrogens is 487 g/mol. The van der Waals surface area contributed by atoms with Gasteiger partial charge in [0.15, 0.2) is 0 Å². The van der Waals surface area contributed by atoms with Crippen LogP contribution in [0.5, 0.6) is 0 Å². The molecule has 228 valence electrons. The second kappa shape index (κ2) is 28.5. The summed E-state index contributed by atoms with van der Waals surface area (Å²) >= 11 is 0. The van der Waals surface area contributed by atoms with Crippen LogP contribution in [0.3, 0.4) is 0 Å². The normalized spacial score (nSPS) is 14.7. The number of unbranched alkanes of at least 4 members (excludes halogenated alkanes) is 11. The predicted molar refractivity (Wildman–Crippen MR) is 169 cm³/mol. The highest BCUT2D eigenvalue weighted by molar-refractivity contribution is 7.33. The minimum absolute atomic E-state index is 0.555. The van der Waals surface area contributed by atoms with Gasteiger partial charge in [-0.1, -0.05) is 170 Å². The fourth-order valence-electron chi connectivity index (χ4n) is 5.38. The molecule has 0 aromatic rings. The van der Waals surface area contributed by atoms with Crippen molar-refractivity contribution < 1.29 is 13.6 Å². The highest BCUT2D eigenvalue weighted by atomic mass is 31.1. The summed E-state index contributed by atoms with van der Waals surface area (Å²) < 4.78 is 22.8. The second-order valence-electron chi connectivity index (χ2n) is 13.1. The predicted octanol–water partition coefficient (Wildman–Crippen LogP) is 12.8. The van der Waals surface area contributed by atoms with Gasteiger partial charge >= 0.3 is 8.25 Å². The molecule has 0 rings (SSSR count). The van der Waals surface area contributed by atoms with Crippen molar-refractivity contribution in [2.75, 3.05) is 13.2 Å². The third-order valence-electron chi connectivity index (χ3n) is 8.27. The largest absolute Gasteiger partial charge is 0.697 e. The minimum Gasteiger partial charge on any atom is -0.119 e. The topological polar surface area (TPSA) is 35.5 Å². The summed E-state index contributed by atoms with van der Waals surface area (Å²) in [5.74, 6) is 3.20. The van der Waals surface area contributed by atoms with Crippen LogP contribution < -0.4 is 0 Å². The van der Waals surface area contributed by atoms with E-state index in [0.717, 1.165) is 30.6 Å². The van der Waals surface area contributed by atoms with Crippen molar-refractivity contribution in [1.29, 1.82) is 0 Å². The maximum atomic E-state index is 12.0. The number of rotatable bonds is 30. The van der Waals surface area contributed by atoms with Crippen molar-refractivity contribution in [2.24, 2.45) is 23.7 Å². The lowest BCUT2D eigenvalue weighted by atomic mass is 9.91. The van der Waals surface area contributed by atoms with Gasteiger partial charge in [0.2, 0.25) is 0 Å². The fraction of sp³-hybridized carbons (Fsp3) is 1.00. The standard InChI is InChI=1S/C34H70O3P/c1-7-8-9-10-11-12-13-14-15-16-17-18-29-36-38(35)37-30-28-34(6)27-21-26-33(5)25-20-24-32(4)23-19-22-31(2)3/h31-34H,7-30H2,1-6H3/q+1/t32-,33-,34?/m0/s1. The van der Waals surface area contributed by atoms with Crippen LogP contribution in [0.2, 0.25) is 0 Å². The van der Waals surface area contributed by atoms with E-state index in [1.54, 1.807) is 0 Å². The summed E-state index contributed by atoms with van der Waals surface area (Å²) in [5.41, 5.74) is 0.